The molecular formula is C24H30N6. The maximum Gasteiger partial charge on any atom is 0.160 e. The number of hydrogen-bond donors (Lipinski definition) is 2. The SMILES string of the molecule is CC.CC.Cn1[nH]cc2nc3nccc3cc21.Cn1ccc2cc3[nH]ccc3cc21. The average molecular weight is 403 g/mol. The van der Waals surface area contributed by atoms with E-state index in [4.69, 9.17) is 0 Å². The van der Waals surface area contributed by atoms with Gasteiger partial charge in [0.25, 0.3) is 0 Å². The average Bonchev–Trinajstić information content (AvgIpc) is 3.57. The van der Waals surface area contributed by atoms with Gasteiger partial charge in [-0.25, -0.2) is 9.97 Å². The van der Waals surface area contributed by atoms with Crippen molar-refractivity contribution in [3.8, 4) is 0 Å². The van der Waals surface area contributed by atoms with Crippen LogP contribution in [0.5, 0.6) is 0 Å². The van der Waals surface area contributed by atoms with Gasteiger partial charge in [0.1, 0.15) is 5.52 Å². The number of nitrogens with zero attached hydrogens (tertiary/aromatic N) is 4. The van der Waals surface area contributed by atoms with E-state index >= 15 is 0 Å². The first-order chi connectivity index (χ1) is 14.7. The third-order valence-electron chi connectivity index (χ3n) is 4.80. The molecule has 0 bridgehead atoms. The molecule has 0 aliphatic heterocycles. The Morgan fingerprint density at radius 2 is 1.60 bits per heavy atom. The number of aromatic amines is 2. The summed E-state index contributed by atoms with van der Waals surface area (Å²) in [6, 6.07) is 12.7. The van der Waals surface area contributed by atoms with E-state index < -0.39 is 0 Å². The highest BCUT2D eigenvalue weighted by molar-refractivity contribution is 5.95. The predicted octanol–water partition coefficient (Wildman–Crippen LogP) is 6.16. The number of rotatable bonds is 0. The van der Waals surface area contributed by atoms with Gasteiger partial charge in [-0.1, -0.05) is 27.7 Å². The number of nitrogens with one attached hydrogen (secondary N) is 2. The first kappa shape index (κ1) is 21.2. The Bertz CT molecular complexity index is 1260. The molecule has 2 N–H and O–H groups in total. The molecule has 6 rings (SSSR count). The number of pyridine rings is 1. The second-order valence-corrected chi connectivity index (χ2v) is 6.49. The first-order valence-corrected chi connectivity index (χ1v) is 10.5. The van der Waals surface area contributed by atoms with Gasteiger partial charge in [0.05, 0.1) is 5.52 Å². The molecule has 0 atom stereocenters. The number of fused-ring (bicyclic) bond motifs is 4. The molecule has 6 nitrogen and oxygen atoms in total. The van der Waals surface area contributed by atoms with E-state index in [2.05, 4.69) is 68.2 Å². The summed E-state index contributed by atoms with van der Waals surface area (Å²) in [6.07, 6.45) is 7.72. The largest absolute Gasteiger partial charge is 0.361 e. The van der Waals surface area contributed by atoms with Crippen LogP contribution >= 0.6 is 0 Å². The molecule has 6 heteroatoms. The highest BCUT2D eigenvalue weighted by Gasteiger charge is 2.03. The molecule has 0 spiro atoms. The molecule has 156 valence electrons. The van der Waals surface area contributed by atoms with Crippen molar-refractivity contribution in [2.24, 2.45) is 14.1 Å². The normalized spacial score (nSPS) is 10.3. The molecule has 1 aromatic carbocycles. The lowest BCUT2D eigenvalue weighted by Gasteiger charge is -1.96. The van der Waals surface area contributed by atoms with Gasteiger partial charge >= 0.3 is 0 Å². The van der Waals surface area contributed by atoms with Crippen LogP contribution in [0.4, 0.5) is 0 Å². The van der Waals surface area contributed by atoms with Gasteiger partial charge in [0, 0.05) is 66.1 Å². The van der Waals surface area contributed by atoms with Crippen LogP contribution in [0.1, 0.15) is 27.7 Å². The van der Waals surface area contributed by atoms with E-state index in [0.717, 1.165) is 22.1 Å². The van der Waals surface area contributed by atoms with E-state index in [0.29, 0.717) is 0 Å². The molecule has 30 heavy (non-hydrogen) atoms. The van der Waals surface area contributed by atoms with Gasteiger partial charge in [-0.15, -0.1) is 0 Å². The van der Waals surface area contributed by atoms with Crippen molar-refractivity contribution in [3.05, 3.63) is 61.2 Å². The molecule has 0 saturated heterocycles. The molecule has 6 aromatic rings. The summed E-state index contributed by atoms with van der Waals surface area (Å²) in [4.78, 5) is 11.8. The van der Waals surface area contributed by atoms with Crippen molar-refractivity contribution in [2.75, 3.05) is 0 Å². The molecule has 0 unspecified atom stereocenters. The standard InChI is InChI=1S/C11H10N2.C9H8N4.2C2H6/c1-13-5-3-9-6-10-8(2-4-12-10)7-11(9)13;1-13-8-4-6-2-3-10-9(6)12-7(8)5-11-13;2*1-2/h2-7,12H,1H3;2-5,11H,1H3;2*1-2H3. The van der Waals surface area contributed by atoms with Crippen LogP contribution in [0.25, 0.3) is 43.9 Å². The van der Waals surface area contributed by atoms with Crippen molar-refractivity contribution in [3.63, 3.8) is 0 Å². The second-order valence-electron chi connectivity index (χ2n) is 6.49. The minimum absolute atomic E-state index is 0.812. The summed E-state index contributed by atoms with van der Waals surface area (Å²) >= 11 is 0. The van der Waals surface area contributed by atoms with Crippen LogP contribution in [0.2, 0.25) is 0 Å². The number of hydrogen-bond acceptors (Lipinski definition) is 2. The Hall–Kier alpha value is -3.54. The zero-order valence-corrected chi connectivity index (χ0v) is 18.6. The van der Waals surface area contributed by atoms with Gasteiger partial charge in [-0.2, -0.15) is 0 Å². The van der Waals surface area contributed by atoms with Crippen LogP contribution in [0, 0.1) is 0 Å². The van der Waals surface area contributed by atoms with Gasteiger partial charge in [-0.05, 0) is 36.4 Å². The monoisotopic (exact) mass is 402 g/mol. The summed E-state index contributed by atoms with van der Waals surface area (Å²) in [5.74, 6) is 0. The van der Waals surface area contributed by atoms with E-state index in [1.807, 2.05) is 57.9 Å². The smallest absolute Gasteiger partial charge is 0.160 e. The zero-order valence-electron chi connectivity index (χ0n) is 18.6. The maximum absolute atomic E-state index is 4.40. The number of aryl methyl sites for hydroxylation is 2. The third-order valence-corrected chi connectivity index (χ3v) is 4.80. The summed E-state index contributed by atoms with van der Waals surface area (Å²) in [5, 5.41) is 6.72. The van der Waals surface area contributed by atoms with Gasteiger partial charge in [0.2, 0.25) is 0 Å². The summed E-state index contributed by atoms with van der Waals surface area (Å²) in [7, 11) is 4.03. The Morgan fingerprint density at radius 3 is 2.40 bits per heavy atom. The Balaban J connectivity index is 0.000000147. The highest BCUT2D eigenvalue weighted by Crippen LogP contribution is 2.22. The van der Waals surface area contributed by atoms with Crippen molar-refractivity contribution >= 4 is 43.9 Å². The van der Waals surface area contributed by atoms with E-state index in [1.165, 1.54) is 21.8 Å². The molecule has 5 aromatic heterocycles. The van der Waals surface area contributed by atoms with E-state index in [1.54, 1.807) is 6.20 Å². The molecule has 5 heterocycles. The minimum Gasteiger partial charge on any atom is -0.361 e. The zero-order chi connectivity index (χ0) is 21.7. The molecule has 0 radical (unpaired) electrons. The molecule has 0 fully saturated rings. The van der Waals surface area contributed by atoms with Crippen LogP contribution in [0.15, 0.2) is 61.2 Å². The summed E-state index contributed by atoms with van der Waals surface area (Å²) in [5.41, 5.74) is 5.35. The van der Waals surface area contributed by atoms with E-state index in [-0.39, 0.29) is 0 Å². The number of aromatic nitrogens is 6. The number of benzene rings is 1. The number of H-pyrrole nitrogens is 2. The van der Waals surface area contributed by atoms with Gasteiger partial charge < -0.3 is 14.6 Å². The summed E-state index contributed by atoms with van der Waals surface area (Å²) < 4.78 is 4.08. The van der Waals surface area contributed by atoms with Crippen LogP contribution in [-0.4, -0.2) is 29.3 Å². The van der Waals surface area contributed by atoms with Gasteiger partial charge in [0.15, 0.2) is 5.65 Å². The Kier molecular flexibility index (Phi) is 6.57. The lowest BCUT2D eigenvalue weighted by atomic mass is 10.2. The molecule has 0 amide bonds. The maximum atomic E-state index is 4.40. The lowest BCUT2D eigenvalue weighted by Crippen LogP contribution is -1.88. The van der Waals surface area contributed by atoms with Crippen LogP contribution in [-0.2, 0) is 14.1 Å². The van der Waals surface area contributed by atoms with Crippen molar-refractivity contribution in [1.29, 1.82) is 0 Å². The Labute approximate surface area is 176 Å². The van der Waals surface area contributed by atoms with Crippen LogP contribution < -0.4 is 0 Å². The van der Waals surface area contributed by atoms with Crippen LogP contribution in [0.3, 0.4) is 0 Å². The fourth-order valence-electron chi connectivity index (χ4n) is 3.35. The minimum atomic E-state index is 0.812. The van der Waals surface area contributed by atoms with Crippen molar-refractivity contribution in [1.82, 2.24) is 29.3 Å². The second kappa shape index (κ2) is 9.31. The molecule has 0 aliphatic rings. The molecular weight excluding hydrogens is 372 g/mol. The molecule has 0 saturated carbocycles. The predicted molar refractivity (Wildman–Crippen MR) is 128 cm³/mol. The summed E-state index contributed by atoms with van der Waals surface area (Å²) in [6.45, 7) is 8.00. The quantitative estimate of drug-likeness (QED) is 0.319. The fourth-order valence-corrected chi connectivity index (χ4v) is 3.35. The fraction of sp³-hybridized carbons (Fsp3) is 0.250. The van der Waals surface area contributed by atoms with Crippen molar-refractivity contribution < 1.29 is 0 Å². The van der Waals surface area contributed by atoms with Gasteiger partial charge in [-0.3, -0.25) is 4.68 Å². The first-order valence-electron chi connectivity index (χ1n) is 10.5. The third kappa shape index (κ3) is 3.94. The van der Waals surface area contributed by atoms with E-state index in [9.17, 15) is 0 Å². The molecule has 0 aliphatic carbocycles. The topological polar surface area (TPSA) is 67.2 Å². The lowest BCUT2D eigenvalue weighted by molar-refractivity contribution is 0.797. The Morgan fingerprint density at radius 1 is 0.833 bits per heavy atom. The highest BCUT2D eigenvalue weighted by atomic mass is 15.3. The van der Waals surface area contributed by atoms with Crippen molar-refractivity contribution in [2.45, 2.75) is 27.7 Å².